The Hall–Kier alpha value is -2.02. The molecule has 0 spiro atoms. The van der Waals surface area contributed by atoms with Gasteiger partial charge in [-0.2, -0.15) is 5.26 Å². The van der Waals surface area contributed by atoms with E-state index in [9.17, 15) is 4.79 Å². The lowest BCUT2D eigenvalue weighted by atomic mass is 9.94. The van der Waals surface area contributed by atoms with E-state index in [0.29, 0.717) is 6.42 Å². The summed E-state index contributed by atoms with van der Waals surface area (Å²) >= 11 is 0. The SMILES string of the molecule is COc1ccc(CC(C)(C)NC(=O)CC#N)cc1. The van der Waals surface area contributed by atoms with Crippen LogP contribution in [0.1, 0.15) is 25.8 Å². The summed E-state index contributed by atoms with van der Waals surface area (Å²) in [5.41, 5.74) is 0.737. The number of hydrogen-bond donors (Lipinski definition) is 1. The first-order chi connectivity index (χ1) is 8.46. The van der Waals surface area contributed by atoms with Crippen LogP contribution >= 0.6 is 0 Å². The number of methoxy groups -OCH3 is 1. The molecular formula is C14H18N2O2. The molecule has 0 aliphatic carbocycles. The molecule has 0 aromatic heterocycles. The second-order valence-electron chi connectivity index (χ2n) is 4.79. The highest BCUT2D eigenvalue weighted by Crippen LogP contribution is 2.16. The van der Waals surface area contributed by atoms with Crippen molar-refractivity contribution in [2.45, 2.75) is 32.2 Å². The van der Waals surface area contributed by atoms with Crippen molar-refractivity contribution < 1.29 is 9.53 Å². The third-order valence-electron chi connectivity index (χ3n) is 2.52. The van der Waals surface area contributed by atoms with Gasteiger partial charge in [-0.25, -0.2) is 0 Å². The topological polar surface area (TPSA) is 62.1 Å². The van der Waals surface area contributed by atoms with Crippen molar-refractivity contribution >= 4 is 5.91 Å². The van der Waals surface area contributed by atoms with Crippen molar-refractivity contribution in [1.82, 2.24) is 5.32 Å². The summed E-state index contributed by atoms with van der Waals surface area (Å²) in [4.78, 5) is 11.4. The van der Waals surface area contributed by atoms with Crippen molar-refractivity contribution in [1.29, 1.82) is 5.26 Å². The molecule has 0 radical (unpaired) electrons. The van der Waals surface area contributed by atoms with Crippen LogP contribution in [-0.4, -0.2) is 18.6 Å². The third-order valence-corrected chi connectivity index (χ3v) is 2.52. The second-order valence-corrected chi connectivity index (χ2v) is 4.79. The molecule has 18 heavy (non-hydrogen) atoms. The van der Waals surface area contributed by atoms with Crippen molar-refractivity contribution in [3.05, 3.63) is 29.8 Å². The highest BCUT2D eigenvalue weighted by atomic mass is 16.5. The highest BCUT2D eigenvalue weighted by molar-refractivity contribution is 5.78. The van der Waals surface area contributed by atoms with Crippen molar-refractivity contribution in [2.24, 2.45) is 0 Å². The lowest BCUT2D eigenvalue weighted by Gasteiger charge is -2.26. The van der Waals surface area contributed by atoms with Gasteiger partial charge >= 0.3 is 0 Å². The number of carbonyl (C=O) groups is 1. The van der Waals surface area contributed by atoms with Gasteiger partial charge in [0.2, 0.25) is 5.91 Å². The van der Waals surface area contributed by atoms with Gasteiger partial charge in [0.1, 0.15) is 12.2 Å². The second kappa shape index (κ2) is 6.06. The molecule has 0 saturated heterocycles. The highest BCUT2D eigenvalue weighted by Gasteiger charge is 2.20. The minimum Gasteiger partial charge on any atom is -0.497 e. The minimum atomic E-state index is -0.372. The van der Waals surface area contributed by atoms with Gasteiger partial charge in [0.25, 0.3) is 0 Å². The van der Waals surface area contributed by atoms with Gasteiger partial charge in [0.15, 0.2) is 0 Å². The Balaban J connectivity index is 2.64. The van der Waals surface area contributed by atoms with Crippen molar-refractivity contribution in [3.8, 4) is 11.8 Å². The molecule has 1 N–H and O–H groups in total. The molecule has 0 heterocycles. The quantitative estimate of drug-likeness (QED) is 0.864. The number of carbonyl (C=O) groups excluding carboxylic acids is 1. The summed E-state index contributed by atoms with van der Waals surface area (Å²) in [6.45, 7) is 3.87. The van der Waals surface area contributed by atoms with E-state index >= 15 is 0 Å². The van der Waals surface area contributed by atoms with Crippen molar-refractivity contribution in [2.75, 3.05) is 7.11 Å². The summed E-state index contributed by atoms with van der Waals surface area (Å²) in [5, 5.41) is 11.3. The van der Waals surface area contributed by atoms with Crippen LogP contribution in [0.15, 0.2) is 24.3 Å². The van der Waals surface area contributed by atoms with Gasteiger partial charge in [0, 0.05) is 5.54 Å². The predicted octanol–water partition coefficient (Wildman–Crippen LogP) is 2.05. The smallest absolute Gasteiger partial charge is 0.234 e. The van der Waals surface area contributed by atoms with Crippen LogP contribution in [0.5, 0.6) is 5.75 Å². The van der Waals surface area contributed by atoms with E-state index in [2.05, 4.69) is 5.32 Å². The maximum Gasteiger partial charge on any atom is 0.234 e. The maximum absolute atomic E-state index is 11.4. The first-order valence-electron chi connectivity index (χ1n) is 5.78. The van der Waals surface area contributed by atoms with Crippen LogP contribution in [0.3, 0.4) is 0 Å². The van der Waals surface area contributed by atoms with Gasteiger partial charge < -0.3 is 10.1 Å². The van der Waals surface area contributed by atoms with Gasteiger partial charge in [-0.1, -0.05) is 12.1 Å². The molecular weight excluding hydrogens is 228 g/mol. The molecule has 0 unspecified atom stereocenters. The Kier molecular flexibility index (Phi) is 4.73. The van der Waals surface area contributed by atoms with E-state index in [0.717, 1.165) is 11.3 Å². The molecule has 96 valence electrons. The maximum atomic E-state index is 11.4. The van der Waals surface area contributed by atoms with Crippen LogP contribution in [0.25, 0.3) is 0 Å². The Labute approximate surface area is 108 Å². The van der Waals surface area contributed by atoms with Crippen LogP contribution in [0.2, 0.25) is 0 Å². The predicted molar refractivity (Wildman–Crippen MR) is 69.1 cm³/mol. The number of rotatable bonds is 5. The van der Waals surface area contributed by atoms with Gasteiger partial charge in [-0.15, -0.1) is 0 Å². The number of ether oxygens (including phenoxy) is 1. The Morgan fingerprint density at radius 1 is 1.39 bits per heavy atom. The van der Waals surface area contributed by atoms with Crippen molar-refractivity contribution in [3.63, 3.8) is 0 Å². The Morgan fingerprint density at radius 3 is 2.50 bits per heavy atom. The first kappa shape index (κ1) is 14.0. The summed E-state index contributed by atoms with van der Waals surface area (Å²) in [7, 11) is 1.63. The Bertz CT molecular complexity index is 444. The molecule has 0 bridgehead atoms. The average Bonchev–Trinajstić information content (AvgIpc) is 2.29. The Morgan fingerprint density at radius 2 is 2.00 bits per heavy atom. The van der Waals surface area contributed by atoms with Crippen LogP contribution in [0.4, 0.5) is 0 Å². The van der Waals surface area contributed by atoms with E-state index in [1.54, 1.807) is 7.11 Å². The average molecular weight is 246 g/mol. The summed E-state index contributed by atoms with van der Waals surface area (Å²) in [6.07, 6.45) is 0.597. The first-order valence-corrected chi connectivity index (χ1v) is 5.78. The fourth-order valence-corrected chi connectivity index (χ4v) is 1.79. The standard InChI is InChI=1S/C14H18N2O2/c1-14(2,16-13(17)8-9-15)10-11-4-6-12(18-3)7-5-11/h4-7H,8,10H2,1-3H3,(H,16,17). The molecule has 1 aromatic rings. The summed E-state index contributed by atoms with van der Waals surface area (Å²) in [5.74, 6) is 0.570. The molecule has 1 aromatic carbocycles. The molecule has 0 aliphatic heterocycles. The van der Waals surface area contributed by atoms with Gasteiger partial charge in [0.05, 0.1) is 13.2 Å². The zero-order chi connectivity index (χ0) is 13.6. The third kappa shape index (κ3) is 4.46. The largest absolute Gasteiger partial charge is 0.497 e. The fourth-order valence-electron chi connectivity index (χ4n) is 1.79. The lowest BCUT2D eigenvalue weighted by Crippen LogP contribution is -2.44. The molecule has 1 amide bonds. The molecule has 4 nitrogen and oxygen atoms in total. The number of amides is 1. The molecule has 0 saturated carbocycles. The summed E-state index contributed by atoms with van der Waals surface area (Å²) < 4.78 is 5.09. The number of nitrogens with one attached hydrogen (secondary N) is 1. The number of nitrogens with zero attached hydrogens (tertiary/aromatic N) is 1. The lowest BCUT2D eigenvalue weighted by molar-refractivity contribution is -0.121. The van der Waals surface area contributed by atoms with Crippen LogP contribution < -0.4 is 10.1 Å². The number of benzene rings is 1. The molecule has 0 atom stereocenters. The monoisotopic (exact) mass is 246 g/mol. The zero-order valence-electron chi connectivity index (χ0n) is 11.0. The molecule has 1 rings (SSSR count). The van der Waals surface area contributed by atoms with E-state index in [1.165, 1.54) is 0 Å². The zero-order valence-corrected chi connectivity index (χ0v) is 11.0. The van der Waals surface area contributed by atoms with Crippen LogP contribution in [0, 0.1) is 11.3 Å². The van der Waals surface area contributed by atoms with E-state index in [-0.39, 0.29) is 17.9 Å². The minimum absolute atomic E-state index is 0.105. The van der Waals surface area contributed by atoms with E-state index in [4.69, 9.17) is 10.00 Å². The van der Waals surface area contributed by atoms with Gasteiger partial charge in [-0.3, -0.25) is 4.79 Å². The number of nitriles is 1. The summed E-state index contributed by atoms with van der Waals surface area (Å²) in [6, 6.07) is 9.56. The normalized spacial score (nSPS) is 10.6. The number of hydrogen-bond acceptors (Lipinski definition) is 3. The molecule has 4 heteroatoms. The van der Waals surface area contributed by atoms with E-state index < -0.39 is 0 Å². The molecule has 0 fully saturated rings. The van der Waals surface area contributed by atoms with Crippen LogP contribution in [-0.2, 0) is 11.2 Å². The van der Waals surface area contributed by atoms with Gasteiger partial charge in [-0.05, 0) is 38.0 Å². The fraction of sp³-hybridized carbons (Fsp3) is 0.429. The molecule has 0 aliphatic rings. The van der Waals surface area contributed by atoms with E-state index in [1.807, 2.05) is 44.2 Å².